The number of amides is 1. The zero-order valence-electron chi connectivity index (χ0n) is 14.5. The molecule has 1 N–H and O–H groups in total. The third kappa shape index (κ3) is 4.31. The van der Waals surface area contributed by atoms with E-state index in [1.165, 1.54) is 6.07 Å². The Morgan fingerprint density at radius 1 is 1.00 bits per heavy atom. The molecule has 0 radical (unpaired) electrons. The van der Waals surface area contributed by atoms with E-state index in [0.29, 0.717) is 51.6 Å². The van der Waals surface area contributed by atoms with Crippen LogP contribution in [0.2, 0.25) is 0 Å². The summed E-state index contributed by atoms with van der Waals surface area (Å²) in [5.41, 5.74) is 0. The van der Waals surface area contributed by atoms with Crippen molar-refractivity contribution in [1.82, 2.24) is 4.90 Å². The summed E-state index contributed by atoms with van der Waals surface area (Å²) in [6, 6.07) is 3.23. The van der Waals surface area contributed by atoms with Crippen molar-refractivity contribution in [1.29, 1.82) is 0 Å². The Morgan fingerprint density at radius 2 is 1.62 bits per heavy atom. The van der Waals surface area contributed by atoms with Gasteiger partial charge in [0, 0.05) is 37.9 Å². The van der Waals surface area contributed by atoms with Gasteiger partial charge in [0.15, 0.2) is 11.6 Å². The number of rotatable bonds is 4. The fourth-order valence-electron chi connectivity index (χ4n) is 3.79. The highest BCUT2D eigenvalue weighted by atomic mass is 19.1. The number of benzene rings is 1. The highest BCUT2D eigenvalue weighted by Gasteiger charge is 2.33. The van der Waals surface area contributed by atoms with Crippen molar-refractivity contribution in [3.8, 4) is 5.75 Å². The standard InChI is InChI=1S/C19H23F2NO4/c20-14-5-6-17(16(21)11-14)26-15-7-9-22(10-8-15)18(23)12-1-3-13(4-2-12)19(24)25/h5-6,11-13,15H,1-4,7-10H2,(H,24,25). The normalized spacial score (nSPS) is 24.3. The van der Waals surface area contributed by atoms with Crippen molar-refractivity contribution in [2.24, 2.45) is 11.8 Å². The van der Waals surface area contributed by atoms with Crippen LogP contribution in [0, 0.1) is 23.5 Å². The summed E-state index contributed by atoms with van der Waals surface area (Å²) in [5.74, 6) is -2.46. The molecule has 1 saturated heterocycles. The van der Waals surface area contributed by atoms with Crippen LogP contribution in [0.3, 0.4) is 0 Å². The van der Waals surface area contributed by atoms with E-state index in [9.17, 15) is 18.4 Å². The van der Waals surface area contributed by atoms with Crippen LogP contribution in [0.15, 0.2) is 18.2 Å². The maximum atomic E-state index is 13.7. The van der Waals surface area contributed by atoms with Gasteiger partial charge in [-0.1, -0.05) is 0 Å². The molecule has 1 amide bonds. The summed E-state index contributed by atoms with van der Waals surface area (Å²) >= 11 is 0. The van der Waals surface area contributed by atoms with Gasteiger partial charge >= 0.3 is 5.97 Å². The second kappa shape index (κ2) is 8.01. The molecule has 5 nitrogen and oxygen atoms in total. The van der Waals surface area contributed by atoms with Crippen molar-refractivity contribution in [2.45, 2.75) is 44.6 Å². The summed E-state index contributed by atoms with van der Waals surface area (Å²) < 4.78 is 32.2. The number of aliphatic carboxylic acids is 1. The summed E-state index contributed by atoms with van der Waals surface area (Å²) in [5, 5.41) is 9.04. The number of ether oxygens (including phenoxy) is 1. The predicted octanol–water partition coefficient (Wildman–Crippen LogP) is 3.23. The van der Waals surface area contributed by atoms with Crippen LogP contribution in [0.4, 0.5) is 8.78 Å². The Labute approximate surface area is 150 Å². The molecule has 3 rings (SSSR count). The summed E-state index contributed by atoms with van der Waals surface area (Å²) in [6.07, 6.45) is 3.31. The summed E-state index contributed by atoms with van der Waals surface area (Å²) in [6.45, 7) is 1.07. The van der Waals surface area contributed by atoms with Gasteiger partial charge in [-0.25, -0.2) is 8.78 Å². The number of hydrogen-bond donors (Lipinski definition) is 1. The Morgan fingerprint density at radius 3 is 2.19 bits per heavy atom. The molecule has 1 aliphatic heterocycles. The smallest absolute Gasteiger partial charge is 0.306 e. The minimum atomic E-state index is -0.776. The number of carbonyl (C=O) groups is 2. The SMILES string of the molecule is O=C(O)C1CCC(C(=O)N2CCC(Oc3ccc(F)cc3F)CC2)CC1. The quantitative estimate of drug-likeness (QED) is 0.887. The van der Waals surface area contributed by atoms with E-state index in [4.69, 9.17) is 9.84 Å². The zero-order valence-corrected chi connectivity index (χ0v) is 14.5. The number of halogens is 2. The first kappa shape index (κ1) is 18.6. The van der Waals surface area contributed by atoms with Gasteiger partial charge in [0.05, 0.1) is 5.92 Å². The lowest BCUT2D eigenvalue weighted by Crippen LogP contribution is -2.45. The first-order valence-electron chi connectivity index (χ1n) is 9.07. The van der Waals surface area contributed by atoms with Gasteiger partial charge in [0.25, 0.3) is 0 Å². The molecular weight excluding hydrogens is 344 g/mol. The lowest BCUT2D eigenvalue weighted by molar-refractivity contribution is -0.146. The minimum absolute atomic E-state index is 0.0307. The second-order valence-corrected chi connectivity index (χ2v) is 7.10. The fourth-order valence-corrected chi connectivity index (χ4v) is 3.79. The fraction of sp³-hybridized carbons (Fsp3) is 0.579. The molecule has 1 aliphatic carbocycles. The number of likely N-dealkylation sites (tertiary alicyclic amines) is 1. The number of carboxylic acid groups (broad SMARTS) is 1. The van der Waals surface area contributed by atoms with E-state index in [1.807, 2.05) is 0 Å². The first-order valence-corrected chi connectivity index (χ1v) is 9.07. The maximum absolute atomic E-state index is 13.7. The minimum Gasteiger partial charge on any atom is -0.487 e. The molecular formula is C19H23F2NO4. The molecule has 1 aromatic carbocycles. The van der Waals surface area contributed by atoms with Crippen LogP contribution in [0.1, 0.15) is 38.5 Å². The molecule has 0 bridgehead atoms. The van der Waals surface area contributed by atoms with Gasteiger partial charge in [-0.05, 0) is 37.8 Å². The Kier molecular flexibility index (Phi) is 5.74. The lowest BCUT2D eigenvalue weighted by atomic mass is 9.81. The monoisotopic (exact) mass is 367 g/mol. The summed E-state index contributed by atoms with van der Waals surface area (Å²) in [4.78, 5) is 25.4. The van der Waals surface area contributed by atoms with Crippen LogP contribution in [0.25, 0.3) is 0 Å². The first-order chi connectivity index (χ1) is 12.4. The molecule has 0 atom stereocenters. The van der Waals surface area contributed by atoms with E-state index in [-0.39, 0.29) is 29.6 Å². The van der Waals surface area contributed by atoms with Crippen molar-refractivity contribution in [2.75, 3.05) is 13.1 Å². The predicted molar refractivity (Wildman–Crippen MR) is 89.7 cm³/mol. The highest BCUT2D eigenvalue weighted by Crippen LogP contribution is 2.31. The van der Waals surface area contributed by atoms with E-state index < -0.39 is 17.6 Å². The van der Waals surface area contributed by atoms with Crippen molar-refractivity contribution in [3.05, 3.63) is 29.8 Å². The van der Waals surface area contributed by atoms with E-state index in [0.717, 1.165) is 12.1 Å². The van der Waals surface area contributed by atoms with Crippen LogP contribution in [-0.4, -0.2) is 41.1 Å². The molecule has 0 spiro atoms. The van der Waals surface area contributed by atoms with Crippen LogP contribution in [0.5, 0.6) is 5.75 Å². The van der Waals surface area contributed by atoms with Crippen molar-refractivity contribution in [3.63, 3.8) is 0 Å². The van der Waals surface area contributed by atoms with Gasteiger partial charge in [-0.15, -0.1) is 0 Å². The molecule has 0 aromatic heterocycles. The van der Waals surface area contributed by atoms with Gasteiger partial charge in [0.1, 0.15) is 11.9 Å². The maximum Gasteiger partial charge on any atom is 0.306 e. The molecule has 1 heterocycles. The third-order valence-electron chi connectivity index (χ3n) is 5.37. The largest absolute Gasteiger partial charge is 0.487 e. The van der Waals surface area contributed by atoms with Crippen LogP contribution in [-0.2, 0) is 9.59 Å². The Hall–Kier alpha value is -2.18. The third-order valence-corrected chi connectivity index (χ3v) is 5.37. The zero-order chi connectivity index (χ0) is 18.7. The lowest BCUT2D eigenvalue weighted by Gasteiger charge is -2.36. The van der Waals surface area contributed by atoms with E-state index in [2.05, 4.69) is 0 Å². The van der Waals surface area contributed by atoms with Gasteiger partial charge in [0.2, 0.25) is 5.91 Å². The number of carboxylic acids is 1. The van der Waals surface area contributed by atoms with E-state index in [1.54, 1.807) is 4.90 Å². The second-order valence-electron chi connectivity index (χ2n) is 7.10. The number of carbonyl (C=O) groups excluding carboxylic acids is 1. The number of nitrogens with zero attached hydrogens (tertiary/aromatic N) is 1. The van der Waals surface area contributed by atoms with Crippen molar-refractivity contribution < 1.29 is 28.2 Å². The molecule has 2 aliphatic rings. The molecule has 1 saturated carbocycles. The Bertz CT molecular complexity index is 666. The van der Waals surface area contributed by atoms with Crippen LogP contribution < -0.4 is 4.74 Å². The molecule has 2 fully saturated rings. The molecule has 26 heavy (non-hydrogen) atoms. The average molecular weight is 367 g/mol. The van der Waals surface area contributed by atoms with Gasteiger partial charge in [-0.3, -0.25) is 9.59 Å². The average Bonchev–Trinajstić information content (AvgIpc) is 2.64. The molecule has 7 heteroatoms. The summed E-state index contributed by atoms with van der Waals surface area (Å²) in [7, 11) is 0. The highest BCUT2D eigenvalue weighted by molar-refractivity contribution is 5.79. The number of piperidine rings is 1. The van der Waals surface area contributed by atoms with Gasteiger partial charge in [-0.2, -0.15) is 0 Å². The molecule has 0 unspecified atom stereocenters. The molecule has 142 valence electrons. The van der Waals surface area contributed by atoms with E-state index >= 15 is 0 Å². The van der Waals surface area contributed by atoms with Crippen LogP contribution >= 0.6 is 0 Å². The topological polar surface area (TPSA) is 66.8 Å². The Balaban J connectivity index is 1.47. The molecule has 1 aromatic rings. The van der Waals surface area contributed by atoms with Gasteiger partial charge < -0.3 is 14.7 Å². The number of hydrogen-bond acceptors (Lipinski definition) is 3. The van der Waals surface area contributed by atoms with Crippen molar-refractivity contribution >= 4 is 11.9 Å².